The van der Waals surface area contributed by atoms with Gasteiger partial charge in [-0.25, -0.2) is 0 Å². The van der Waals surface area contributed by atoms with E-state index in [-0.39, 0.29) is 6.61 Å². The summed E-state index contributed by atoms with van der Waals surface area (Å²) >= 11 is 15.7. The Balaban J connectivity index is 3.16. The van der Waals surface area contributed by atoms with Gasteiger partial charge < -0.3 is 9.84 Å². The molecule has 0 heterocycles. The van der Waals surface area contributed by atoms with E-state index in [1.807, 2.05) is 0 Å². The molecule has 9 heavy (non-hydrogen) atoms. The second kappa shape index (κ2) is 5.57. The Morgan fingerprint density at radius 3 is 2.33 bits per heavy atom. The van der Waals surface area contributed by atoms with Crippen LogP contribution in [0.5, 0.6) is 0 Å². The molecule has 0 aliphatic heterocycles. The SMILES string of the molecule is OC(OCCCl)C(Cl)Cl. The van der Waals surface area contributed by atoms with Gasteiger partial charge in [0.15, 0.2) is 11.1 Å². The van der Waals surface area contributed by atoms with E-state index < -0.39 is 11.1 Å². The summed E-state index contributed by atoms with van der Waals surface area (Å²) in [7, 11) is 0. The van der Waals surface area contributed by atoms with Gasteiger partial charge in [-0.2, -0.15) is 0 Å². The molecule has 0 aromatic rings. The average molecular weight is 193 g/mol. The Morgan fingerprint density at radius 2 is 2.00 bits per heavy atom. The number of aliphatic hydroxyl groups is 1. The number of halogens is 3. The van der Waals surface area contributed by atoms with E-state index >= 15 is 0 Å². The van der Waals surface area contributed by atoms with Crippen LogP contribution in [0.4, 0.5) is 0 Å². The number of hydrogen-bond acceptors (Lipinski definition) is 2. The van der Waals surface area contributed by atoms with E-state index in [0.717, 1.165) is 0 Å². The maximum Gasteiger partial charge on any atom is 0.185 e. The zero-order chi connectivity index (χ0) is 7.28. The second-order valence-electron chi connectivity index (χ2n) is 1.28. The standard InChI is InChI=1S/C4H7Cl3O2/c5-1-2-9-4(8)3(6)7/h3-4,8H,1-2H2. The molecule has 56 valence electrons. The minimum absolute atomic E-state index is 0.249. The number of ether oxygens (including phenoxy) is 1. The lowest BCUT2D eigenvalue weighted by molar-refractivity contribution is -0.0832. The molecule has 0 aliphatic carbocycles. The van der Waals surface area contributed by atoms with Crippen molar-refractivity contribution in [3.05, 3.63) is 0 Å². The molecule has 2 nitrogen and oxygen atoms in total. The molecule has 0 aliphatic rings. The molecule has 1 atom stereocenters. The maximum absolute atomic E-state index is 8.71. The van der Waals surface area contributed by atoms with Crippen LogP contribution in [0.25, 0.3) is 0 Å². The molecule has 0 rings (SSSR count). The molecule has 0 aromatic heterocycles. The molecule has 0 fully saturated rings. The fraction of sp³-hybridized carbons (Fsp3) is 1.00. The van der Waals surface area contributed by atoms with Crippen molar-refractivity contribution >= 4 is 34.8 Å². The van der Waals surface area contributed by atoms with Crippen molar-refractivity contribution in [3.63, 3.8) is 0 Å². The molecule has 5 heteroatoms. The van der Waals surface area contributed by atoms with E-state index in [1.54, 1.807) is 0 Å². The molecule has 1 unspecified atom stereocenters. The fourth-order valence-corrected chi connectivity index (χ4v) is 0.473. The number of alkyl halides is 3. The van der Waals surface area contributed by atoms with Gasteiger partial charge in [0, 0.05) is 5.88 Å². The van der Waals surface area contributed by atoms with Gasteiger partial charge in [-0.15, -0.1) is 11.6 Å². The Labute approximate surface area is 68.7 Å². The summed E-state index contributed by atoms with van der Waals surface area (Å²) in [6.45, 7) is 0.249. The highest BCUT2D eigenvalue weighted by Gasteiger charge is 2.11. The van der Waals surface area contributed by atoms with Crippen LogP contribution in [0.1, 0.15) is 0 Å². The Bertz CT molecular complexity index is 68.8. The first-order chi connectivity index (χ1) is 4.18. The summed E-state index contributed by atoms with van der Waals surface area (Å²) in [5.41, 5.74) is 0. The van der Waals surface area contributed by atoms with Gasteiger partial charge in [-0.3, -0.25) is 0 Å². The van der Waals surface area contributed by atoms with E-state index in [0.29, 0.717) is 5.88 Å². The summed E-state index contributed by atoms with van der Waals surface area (Å²) < 4.78 is 4.61. The van der Waals surface area contributed by atoms with Gasteiger partial charge in [-0.05, 0) is 0 Å². The maximum atomic E-state index is 8.71. The van der Waals surface area contributed by atoms with E-state index in [4.69, 9.17) is 39.9 Å². The van der Waals surface area contributed by atoms with Crippen molar-refractivity contribution < 1.29 is 9.84 Å². The summed E-state index contributed by atoms with van der Waals surface area (Å²) in [5, 5.41) is 8.71. The normalized spacial score (nSPS) is 14.3. The Hall–Kier alpha value is 0.790. The summed E-state index contributed by atoms with van der Waals surface area (Å²) in [5.74, 6) is 0.317. The van der Waals surface area contributed by atoms with E-state index in [1.165, 1.54) is 0 Å². The van der Waals surface area contributed by atoms with Crippen LogP contribution in [0, 0.1) is 0 Å². The van der Waals surface area contributed by atoms with Crippen molar-refractivity contribution in [2.75, 3.05) is 12.5 Å². The first-order valence-electron chi connectivity index (χ1n) is 2.32. The lowest BCUT2D eigenvalue weighted by Crippen LogP contribution is -2.20. The Morgan fingerprint density at radius 1 is 1.44 bits per heavy atom. The van der Waals surface area contributed by atoms with Crippen LogP contribution < -0.4 is 0 Å². The van der Waals surface area contributed by atoms with Gasteiger partial charge in [0.1, 0.15) is 0 Å². The van der Waals surface area contributed by atoms with Crippen molar-refractivity contribution in [1.29, 1.82) is 0 Å². The zero-order valence-electron chi connectivity index (χ0n) is 4.56. The lowest BCUT2D eigenvalue weighted by atomic mass is 10.7. The van der Waals surface area contributed by atoms with Gasteiger partial charge >= 0.3 is 0 Å². The predicted molar refractivity (Wildman–Crippen MR) is 38.2 cm³/mol. The third-order valence-corrected chi connectivity index (χ3v) is 1.17. The number of hydrogen-bond donors (Lipinski definition) is 1. The smallest absolute Gasteiger partial charge is 0.185 e. The van der Waals surface area contributed by atoms with Crippen LogP contribution in [-0.4, -0.2) is 28.7 Å². The molecule has 0 saturated carbocycles. The quantitative estimate of drug-likeness (QED) is 0.540. The van der Waals surface area contributed by atoms with E-state index in [2.05, 4.69) is 4.74 Å². The first kappa shape index (κ1) is 9.79. The van der Waals surface area contributed by atoms with Crippen LogP contribution in [0.15, 0.2) is 0 Å². The Kier molecular flexibility index (Phi) is 6.05. The summed E-state index contributed by atoms with van der Waals surface area (Å²) in [6, 6.07) is 0. The third-order valence-electron chi connectivity index (χ3n) is 0.581. The van der Waals surface area contributed by atoms with E-state index in [9.17, 15) is 0 Å². The molecule has 0 bridgehead atoms. The highest BCUT2D eigenvalue weighted by Crippen LogP contribution is 2.08. The average Bonchev–Trinajstić information content (AvgIpc) is 1.82. The molecule has 0 saturated heterocycles. The summed E-state index contributed by atoms with van der Waals surface area (Å²) in [6.07, 6.45) is -1.13. The van der Waals surface area contributed by atoms with Crippen molar-refractivity contribution in [2.45, 2.75) is 11.1 Å². The number of aliphatic hydroxyl groups excluding tert-OH is 1. The van der Waals surface area contributed by atoms with Crippen LogP contribution in [0.2, 0.25) is 0 Å². The molecular weight excluding hydrogens is 186 g/mol. The minimum Gasteiger partial charge on any atom is -0.366 e. The zero-order valence-corrected chi connectivity index (χ0v) is 6.83. The molecule has 0 aromatic carbocycles. The molecule has 0 spiro atoms. The van der Waals surface area contributed by atoms with Crippen LogP contribution >= 0.6 is 34.8 Å². The number of rotatable bonds is 4. The lowest BCUT2D eigenvalue weighted by Gasteiger charge is -2.10. The topological polar surface area (TPSA) is 29.5 Å². The van der Waals surface area contributed by atoms with Crippen molar-refractivity contribution in [1.82, 2.24) is 0 Å². The molecule has 0 radical (unpaired) electrons. The second-order valence-corrected chi connectivity index (χ2v) is 2.83. The largest absolute Gasteiger partial charge is 0.366 e. The fourth-order valence-electron chi connectivity index (χ4n) is 0.238. The van der Waals surface area contributed by atoms with Gasteiger partial charge in [0.05, 0.1) is 6.61 Å². The molecular formula is C4H7Cl3O2. The van der Waals surface area contributed by atoms with Crippen molar-refractivity contribution in [3.8, 4) is 0 Å². The van der Waals surface area contributed by atoms with Gasteiger partial charge in [0.2, 0.25) is 0 Å². The highest BCUT2D eigenvalue weighted by molar-refractivity contribution is 6.44. The predicted octanol–water partition coefficient (Wildman–Crippen LogP) is 1.36. The first-order valence-corrected chi connectivity index (χ1v) is 3.73. The van der Waals surface area contributed by atoms with Gasteiger partial charge in [0.25, 0.3) is 0 Å². The highest BCUT2D eigenvalue weighted by atomic mass is 35.5. The van der Waals surface area contributed by atoms with Crippen LogP contribution in [0.3, 0.4) is 0 Å². The molecule has 1 N–H and O–H groups in total. The minimum atomic E-state index is -1.13. The van der Waals surface area contributed by atoms with Crippen molar-refractivity contribution in [2.24, 2.45) is 0 Å². The van der Waals surface area contributed by atoms with Crippen LogP contribution in [-0.2, 0) is 4.74 Å². The third kappa shape index (κ3) is 5.25. The van der Waals surface area contributed by atoms with Gasteiger partial charge in [-0.1, -0.05) is 23.2 Å². The summed E-state index contributed by atoms with van der Waals surface area (Å²) in [4.78, 5) is -0.909. The monoisotopic (exact) mass is 192 g/mol. The molecule has 0 amide bonds.